The number of nitrogens with zero attached hydrogens (tertiary/aromatic N) is 1. The van der Waals surface area contributed by atoms with Crippen molar-refractivity contribution in [1.82, 2.24) is 14.9 Å². The Morgan fingerprint density at radius 1 is 1.33 bits per heavy atom. The summed E-state index contributed by atoms with van der Waals surface area (Å²) >= 11 is 0. The lowest BCUT2D eigenvalue weighted by molar-refractivity contribution is 0.488. The molecule has 0 aliphatic rings. The zero-order valence-corrected chi connectivity index (χ0v) is 12.3. The SMILES string of the molecule is Cc1[nH]ncc1S(=O)(=O)NC(C)CCCC(C)C. The first kappa shape index (κ1) is 15.2. The molecule has 0 aliphatic carbocycles. The molecule has 0 saturated heterocycles. The van der Waals surface area contributed by atoms with Crippen LogP contribution in [0, 0.1) is 12.8 Å². The lowest BCUT2D eigenvalue weighted by Crippen LogP contribution is -2.32. The maximum atomic E-state index is 12.1. The molecule has 0 aliphatic heterocycles. The second-order valence-corrected chi connectivity index (χ2v) is 6.89. The molecule has 5 nitrogen and oxygen atoms in total. The summed E-state index contributed by atoms with van der Waals surface area (Å²) < 4.78 is 26.8. The van der Waals surface area contributed by atoms with Crippen molar-refractivity contribution >= 4 is 10.0 Å². The van der Waals surface area contributed by atoms with Gasteiger partial charge in [-0.1, -0.05) is 26.7 Å². The molecule has 0 amide bonds. The standard InChI is InChI=1S/C12H23N3O2S/c1-9(2)6-5-7-10(3)15-18(16,17)12-8-13-14-11(12)4/h8-10,15H,5-7H2,1-4H3,(H,13,14). The molecule has 18 heavy (non-hydrogen) atoms. The Labute approximate surface area is 109 Å². The van der Waals surface area contributed by atoms with Gasteiger partial charge in [0.25, 0.3) is 0 Å². The molecule has 0 bridgehead atoms. The van der Waals surface area contributed by atoms with E-state index < -0.39 is 10.0 Å². The van der Waals surface area contributed by atoms with Gasteiger partial charge in [-0.2, -0.15) is 5.10 Å². The van der Waals surface area contributed by atoms with Gasteiger partial charge in [0.2, 0.25) is 10.0 Å². The van der Waals surface area contributed by atoms with Crippen LogP contribution in [0.4, 0.5) is 0 Å². The van der Waals surface area contributed by atoms with Gasteiger partial charge in [0.05, 0.1) is 11.9 Å². The van der Waals surface area contributed by atoms with E-state index in [0.717, 1.165) is 19.3 Å². The molecule has 1 atom stereocenters. The largest absolute Gasteiger partial charge is 0.281 e. The minimum absolute atomic E-state index is 0.0527. The van der Waals surface area contributed by atoms with E-state index in [1.165, 1.54) is 6.20 Å². The van der Waals surface area contributed by atoms with E-state index in [1.807, 2.05) is 6.92 Å². The maximum Gasteiger partial charge on any atom is 0.244 e. The minimum atomic E-state index is -3.44. The predicted molar refractivity (Wildman–Crippen MR) is 71.8 cm³/mol. The van der Waals surface area contributed by atoms with Gasteiger partial charge in [-0.05, 0) is 26.2 Å². The van der Waals surface area contributed by atoms with Crippen molar-refractivity contribution < 1.29 is 8.42 Å². The van der Waals surface area contributed by atoms with Gasteiger partial charge >= 0.3 is 0 Å². The Morgan fingerprint density at radius 2 is 2.00 bits per heavy atom. The summed E-state index contributed by atoms with van der Waals surface area (Å²) in [4.78, 5) is 0.234. The second-order valence-electron chi connectivity index (χ2n) is 5.21. The van der Waals surface area contributed by atoms with E-state index in [4.69, 9.17) is 0 Å². The molecule has 1 unspecified atom stereocenters. The fourth-order valence-electron chi connectivity index (χ4n) is 1.83. The third-order valence-corrected chi connectivity index (χ3v) is 4.55. The van der Waals surface area contributed by atoms with Crippen molar-refractivity contribution in [2.45, 2.75) is 57.9 Å². The molecule has 0 aromatic carbocycles. The van der Waals surface area contributed by atoms with Gasteiger partial charge in [-0.3, -0.25) is 5.10 Å². The molecule has 1 rings (SSSR count). The van der Waals surface area contributed by atoms with Crippen LogP contribution in [-0.2, 0) is 10.0 Å². The van der Waals surface area contributed by atoms with Gasteiger partial charge in [-0.15, -0.1) is 0 Å². The van der Waals surface area contributed by atoms with Crippen LogP contribution in [0.1, 0.15) is 45.7 Å². The van der Waals surface area contributed by atoms with Gasteiger partial charge in [0, 0.05) is 6.04 Å². The molecule has 1 aromatic heterocycles. The molecule has 0 radical (unpaired) electrons. The second kappa shape index (κ2) is 6.33. The summed E-state index contributed by atoms with van der Waals surface area (Å²) in [5, 5.41) is 6.37. The van der Waals surface area contributed by atoms with Crippen molar-refractivity contribution in [2.75, 3.05) is 0 Å². The van der Waals surface area contributed by atoms with E-state index in [1.54, 1.807) is 6.92 Å². The first-order chi connectivity index (χ1) is 8.33. The van der Waals surface area contributed by atoms with Crippen molar-refractivity contribution in [3.8, 4) is 0 Å². The quantitative estimate of drug-likeness (QED) is 0.800. The van der Waals surface area contributed by atoms with Crippen LogP contribution >= 0.6 is 0 Å². The smallest absolute Gasteiger partial charge is 0.244 e. The summed E-state index contributed by atoms with van der Waals surface area (Å²) in [5.74, 6) is 0.657. The summed E-state index contributed by atoms with van der Waals surface area (Å²) in [6.45, 7) is 7.94. The highest BCUT2D eigenvalue weighted by molar-refractivity contribution is 7.89. The van der Waals surface area contributed by atoms with Crippen molar-refractivity contribution in [3.63, 3.8) is 0 Å². The lowest BCUT2D eigenvalue weighted by atomic mass is 10.0. The summed E-state index contributed by atoms with van der Waals surface area (Å²) in [6.07, 6.45) is 4.36. The first-order valence-electron chi connectivity index (χ1n) is 6.35. The van der Waals surface area contributed by atoms with Crippen molar-refractivity contribution in [2.24, 2.45) is 5.92 Å². The zero-order chi connectivity index (χ0) is 13.8. The molecule has 6 heteroatoms. The Bertz CT molecular complexity index is 465. The minimum Gasteiger partial charge on any atom is -0.281 e. The van der Waals surface area contributed by atoms with E-state index in [2.05, 4.69) is 28.8 Å². The normalized spacial score (nSPS) is 14.1. The number of nitrogens with one attached hydrogen (secondary N) is 2. The molecule has 104 valence electrons. The van der Waals surface area contributed by atoms with Gasteiger partial charge in [-0.25, -0.2) is 13.1 Å². The first-order valence-corrected chi connectivity index (χ1v) is 7.83. The summed E-state index contributed by atoms with van der Waals surface area (Å²) in [6, 6.07) is -0.0527. The highest BCUT2D eigenvalue weighted by Crippen LogP contribution is 2.13. The fraction of sp³-hybridized carbons (Fsp3) is 0.750. The Morgan fingerprint density at radius 3 is 2.50 bits per heavy atom. The molecule has 1 aromatic rings. The highest BCUT2D eigenvalue weighted by atomic mass is 32.2. The van der Waals surface area contributed by atoms with Crippen molar-refractivity contribution in [1.29, 1.82) is 0 Å². The molecule has 2 N–H and O–H groups in total. The van der Waals surface area contributed by atoms with Crippen LogP contribution in [0.15, 0.2) is 11.1 Å². The highest BCUT2D eigenvalue weighted by Gasteiger charge is 2.20. The van der Waals surface area contributed by atoms with Crippen LogP contribution in [0.25, 0.3) is 0 Å². The number of hydrogen-bond donors (Lipinski definition) is 2. The Kier molecular flexibility index (Phi) is 5.34. The lowest BCUT2D eigenvalue weighted by Gasteiger charge is -2.14. The van der Waals surface area contributed by atoms with Crippen molar-refractivity contribution in [3.05, 3.63) is 11.9 Å². The van der Waals surface area contributed by atoms with Crippen LogP contribution in [0.2, 0.25) is 0 Å². The molecule has 0 spiro atoms. The molecule has 1 heterocycles. The van der Waals surface area contributed by atoms with E-state index in [0.29, 0.717) is 11.6 Å². The van der Waals surface area contributed by atoms with Gasteiger partial charge in [0.1, 0.15) is 4.90 Å². The third kappa shape index (κ3) is 4.42. The number of rotatable bonds is 7. The van der Waals surface area contributed by atoms with Gasteiger partial charge < -0.3 is 0 Å². The number of aryl methyl sites for hydroxylation is 1. The fourth-order valence-corrected chi connectivity index (χ4v) is 3.24. The number of hydrogen-bond acceptors (Lipinski definition) is 3. The van der Waals surface area contributed by atoms with Crippen LogP contribution in [-0.4, -0.2) is 24.7 Å². The van der Waals surface area contributed by atoms with Crippen LogP contribution in [0.5, 0.6) is 0 Å². The predicted octanol–water partition coefficient (Wildman–Crippen LogP) is 2.21. The Hall–Kier alpha value is -0.880. The van der Waals surface area contributed by atoms with Crippen LogP contribution < -0.4 is 4.72 Å². The molecular weight excluding hydrogens is 250 g/mol. The monoisotopic (exact) mass is 273 g/mol. The number of aromatic amines is 1. The third-order valence-electron chi connectivity index (χ3n) is 2.85. The molecular formula is C12H23N3O2S. The van der Waals surface area contributed by atoms with E-state index in [-0.39, 0.29) is 10.9 Å². The average Bonchev–Trinajstić information content (AvgIpc) is 2.63. The van der Waals surface area contributed by atoms with Gasteiger partial charge in [0.15, 0.2) is 0 Å². The maximum absolute atomic E-state index is 12.1. The zero-order valence-electron chi connectivity index (χ0n) is 11.5. The average molecular weight is 273 g/mol. The van der Waals surface area contributed by atoms with Crippen LogP contribution in [0.3, 0.4) is 0 Å². The summed E-state index contributed by atoms with van der Waals surface area (Å²) in [7, 11) is -3.44. The Balaban J connectivity index is 2.54. The number of H-pyrrole nitrogens is 1. The molecule has 0 saturated carbocycles. The summed E-state index contributed by atoms with van der Waals surface area (Å²) in [5.41, 5.74) is 0.567. The van der Waals surface area contributed by atoms with E-state index >= 15 is 0 Å². The number of sulfonamides is 1. The number of aromatic nitrogens is 2. The molecule has 0 fully saturated rings. The van der Waals surface area contributed by atoms with E-state index in [9.17, 15) is 8.42 Å². The topological polar surface area (TPSA) is 74.8 Å².